The second-order valence-corrected chi connectivity index (χ2v) is 8.69. The Bertz CT molecular complexity index is 994. The molecule has 0 bridgehead atoms. The number of dihydropyridines is 1. The predicted molar refractivity (Wildman–Crippen MR) is 113 cm³/mol. The molecule has 0 radical (unpaired) electrons. The third kappa shape index (κ3) is 4.33. The van der Waals surface area contributed by atoms with Crippen molar-refractivity contribution in [2.24, 2.45) is 11.8 Å². The summed E-state index contributed by atoms with van der Waals surface area (Å²) in [6.45, 7) is 1.22. The van der Waals surface area contributed by atoms with Gasteiger partial charge in [0.25, 0.3) is 0 Å². The van der Waals surface area contributed by atoms with Gasteiger partial charge < -0.3 is 20.2 Å². The van der Waals surface area contributed by atoms with Crippen molar-refractivity contribution in [3.05, 3.63) is 67.6 Å². The van der Waals surface area contributed by atoms with E-state index in [4.69, 9.17) is 28.3 Å². The molecule has 2 aliphatic heterocycles. The van der Waals surface area contributed by atoms with Crippen molar-refractivity contribution in [2.75, 3.05) is 26.2 Å². The molecule has 164 valence electrons. The normalized spacial score (nSPS) is 25.6. The van der Waals surface area contributed by atoms with Crippen LogP contribution in [0.3, 0.4) is 0 Å². The summed E-state index contributed by atoms with van der Waals surface area (Å²) in [6, 6.07) is 6.72. The fourth-order valence-corrected chi connectivity index (χ4v) is 4.41. The first-order chi connectivity index (χ1) is 14.8. The minimum atomic E-state index is -0.956. The number of carbonyl (C=O) groups excluding carboxylic acids is 1. The molecule has 1 aliphatic carbocycles. The molecule has 31 heavy (non-hydrogen) atoms. The van der Waals surface area contributed by atoms with Gasteiger partial charge in [-0.25, -0.2) is 0 Å². The summed E-state index contributed by atoms with van der Waals surface area (Å²) in [6.07, 6.45) is 1.69. The number of aliphatic carboxylic acids is 1. The van der Waals surface area contributed by atoms with Gasteiger partial charge in [-0.3, -0.25) is 19.7 Å². The van der Waals surface area contributed by atoms with Crippen LogP contribution < -0.4 is 5.32 Å². The van der Waals surface area contributed by atoms with Crippen molar-refractivity contribution >= 4 is 35.1 Å². The Hall–Kier alpha value is -2.78. The van der Waals surface area contributed by atoms with E-state index in [9.17, 15) is 19.7 Å². The van der Waals surface area contributed by atoms with Gasteiger partial charge in [0.2, 0.25) is 5.91 Å². The van der Waals surface area contributed by atoms with Gasteiger partial charge in [-0.15, -0.1) is 0 Å². The van der Waals surface area contributed by atoms with Gasteiger partial charge in [0.05, 0.1) is 29.3 Å². The highest BCUT2D eigenvalue weighted by molar-refractivity contribution is 6.30. The van der Waals surface area contributed by atoms with E-state index in [0.29, 0.717) is 35.4 Å². The van der Waals surface area contributed by atoms with E-state index < -0.39 is 22.7 Å². The summed E-state index contributed by atoms with van der Waals surface area (Å²) >= 11 is 12.0. The molecule has 3 unspecified atom stereocenters. The summed E-state index contributed by atoms with van der Waals surface area (Å²) in [5.41, 5.74) is 0.702. The third-order valence-corrected chi connectivity index (χ3v) is 6.31. The van der Waals surface area contributed by atoms with Crippen LogP contribution in [0.5, 0.6) is 0 Å². The zero-order valence-corrected chi connectivity index (χ0v) is 17.8. The molecule has 3 aliphatic rings. The van der Waals surface area contributed by atoms with Gasteiger partial charge in [0, 0.05) is 35.8 Å². The van der Waals surface area contributed by atoms with Crippen LogP contribution in [0.15, 0.2) is 46.9 Å². The van der Waals surface area contributed by atoms with Crippen LogP contribution in [0.1, 0.15) is 18.0 Å². The molecule has 1 amide bonds. The molecule has 2 heterocycles. The highest BCUT2D eigenvalue weighted by Crippen LogP contribution is 2.41. The van der Waals surface area contributed by atoms with E-state index in [1.165, 1.54) is 6.08 Å². The first kappa shape index (κ1) is 21.5. The van der Waals surface area contributed by atoms with E-state index in [1.807, 2.05) is 17.0 Å². The number of piperazine rings is 1. The van der Waals surface area contributed by atoms with E-state index in [2.05, 4.69) is 5.32 Å². The molecule has 3 atom stereocenters. The molecule has 1 aromatic carbocycles. The number of rotatable bonds is 5. The first-order valence-corrected chi connectivity index (χ1v) is 10.5. The lowest BCUT2D eigenvalue weighted by atomic mass is 10.0. The molecule has 1 aromatic rings. The average Bonchev–Trinajstić information content (AvgIpc) is 3.55. The fourth-order valence-electron chi connectivity index (χ4n) is 4.11. The Kier molecular flexibility index (Phi) is 5.81. The van der Waals surface area contributed by atoms with Crippen molar-refractivity contribution < 1.29 is 19.6 Å². The number of nitro groups is 1. The number of carboxylic acids is 1. The van der Waals surface area contributed by atoms with Crippen molar-refractivity contribution in [1.29, 1.82) is 0 Å². The number of nitrogens with zero attached hydrogens (tertiary/aromatic N) is 3. The molecule has 2 fully saturated rings. The largest absolute Gasteiger partial charge is 0.481 e. The number of halogens is 2. The van der Waals surface area contributed by atoms with Gasteiger partial charge in [-0.05, 0) is 24.1 Å². The van der Waals surface area contributed by atoms with Gasteiger partial charge in [0.15, 0.2) is 5.82 Å². The highest BCUT2D eigenvalue weighted by Gasteiger charge is 2.50. The lowest BCUT2D eigenvalue weighted by molar-refractivity contribution is -0.422. The molecule has 2 N–H and O–H groups in total. The molecule has 4 rings (SSSR count). The third-order valence-electron chi connectivity index (χ3n) is 5.82. The lowest BCUT2D eigenvalue weighted by Gasteiger charge is -2.44. The molecular weight excluding hydrogens is 447 g/mol. The van der Waals surface area contributed by atoms with Gasteiger partial charge in [-0.2, -0.15) is 0 Å². The van der Waals surface area contributed by atoms with E-state index in [-0.39, 0.29) is 30.7 Å². The summed E-state index contributed by atoms with van der Waals surface area (Å²) < 4.78 is 0. The van der Waals surface area contributed by atoms with Gasteiger partial charge in [0.1, 0.15) is 0 Å². The maximum absolute atomic E-state index is 12.9. The van der Waals surface area contributed by atoms with Crippen LogP contribution in [0.4, 0.5) is 0 Å². The molecular formula is C20H20Cl2N4O5. The van der Waals surface area contributed by atoms with Crippen molar-refractivity contribution in [3.8, 4) is 0 Å². The van der Waals surface area contributed by atoms with Crippen LogP contribution in [0.25, 0.3) is 0 Å². The van der Waals surface area contributed by atoms with Crippen LogP contribution in [0, 0.1) is 22.0 Å². The number of carbonyl (C=O) groups is 2. The summed E-state index contributed by atoms with van der Waals surface area (Å²) in [5, 5.41) is 24.7. The minimum Gasteiger partial charge on any atom is -0.481 e. The van der Waals surface area contributed by atoms with Gasteiger partial charge >= 0.3 is 11.7 Å². The highest BCUT2D eigenvalue weighted by atomic mass is 35.5. The molecule has 0 aromatic heterocycles. The smallest absolute Gasteiger partial charge is 0.310 e. The molecule has 1 saturated heterocycles. The van der Waals surface area contributed by atoms with Crippen LogP contribution in [0.2, 0.25) is 5.02 Å². The predicted octanol–water partition coefficient (Wildman–Crippen LogP) is 2.42. The van der Waals surface area contributed by atoms with Crippen LogP contribution in [-0.4, -0.2) is 57.9 Å². The number of benzene rings is 1. The van der Waals surface area contributed by atoms with Crippen molar-refractivity contribution in [3.63, 3.8) is 0 Å². The Labute approximate surface area is 188 Å². The Balaban J connectivity index is 1.65. The SMILES string of the molecule is O=C(O)C1CC1C(=O)N1CCN(C2=C([N+](=O)[O-])C=C(Cl)CN2)C(c2ccc(Cl)cc2)C1. The number of hydrogen-bond acceptors (Lipinski definition) is 6. The fraction of sp³-hybridized carbons (Fsp3) is 0.400. The minimum absolute atomic E-state index is 0.136. The standard InChI is InChI=1S/C20H20Cl2N4O5/c21-12-3-1-11(2-4-12)17-10-24(19(27)14-8-15(14)20(28)29)5-6-25(17)18-16(26(30)31)7-13(22)9-23-18/h1-4,7,14-15,17,23H,5-6,8-10H2,(H,28,29). The zero-order valence-electron chi connectivity index (χ0n) is 16.3. The second kappa shape index (κ2) is 8.39. The number of carboxylic acid groups (broad SMARTS) is 1. The Morgan fingerprint density at radius 3 is 2.48 bits per heavy atom. The maximum Gasteiger partial charge on any atom is 0.310 e. The molecule has 1 saturated carbocycles. The summed E-state index contributed by atoms with van der Waals surface area (Å²) in [4.78, 5) is 38.7. The molecule has 0 spiro atoms. The van der Waals surface area contributed by atoms with E-state index in [1.54, 1.807) is 17.0 Å². The Morgan fingerprint density at radius 2 is 1.87 bits per heavy atom. The number of allylic oxidation sites excluding steroid dienone is 1. The van der Waals surface area contributed by atoms with Crippen molar-refractivity contribution in [1.82, 2.24) is 15.1 Å². The van der Waals surface area contributed by atoms with Crippen LogP contribution in [-0.2, 0) is 9.59 Å². The number of amides is 1. The van der Waals surface area contributed by atoms with Gasteiger partial charge in [-0.1, -0.05) is 35.3 Å². The van der Waals surface area contributed by atoms with Crippen LogP contribution >= 0.6 is 23.2 Å². The van der Waals surface area contributed by atoms with E-state index >= 15 is 0 Å². The topological polar surface area (TPSA) is 116 Å². The molecule has 11 heteroatoms. The summed E-state index contributed by atoms with van der Waals surface area (Å²) in [7, 11) is 0. The number of hydrogen-bond donors (Lipinski definition) is 2. The van der Waals surface area contributed by atoms with E-state index in [0.717, 1.165) is 5.56 Å². The quantitative estimate of drug-likeness (QED) is 0.505. The Morgan fingerprint density at radius 1 is 1.16 bits per heavy atom. The average molecular weight is 467 g/mol. The first-order valence-electron chi connectivity index (χ1n) is 9.78. The monoisotopic (exact) mass is 466 g/mol. The van der Waals surface area contributed by atoms with Crippen molar-refractivity contribution in [2.45, 2.75) is 12.5 Å². The lowest BCUT2D eigenvalue weighted by Crippen LogP contribution is -2.53. The summed E-state index contributed by atoms with van der Waals surface area (Å²) in [5.74, 6) is -1.93. The molecule has 9 nitrogen and oxygen atoms in total. The zero-order chi connectivity index (χ0) is 22.3. The maximum atomic E-state index is 12.9. The second-order valence-electron chi connectivity index (χ2n) is 7.77. The number of nitrogens with one attached hydrogen (secondary N) is 1.